The molecule has 0 heteroatoms. The van der Waals surface area contributed by atoms with Crippen molar-refractivity contribution >= 4 is 0 Å². The van der Waals surface area contributed by atoms with Crippen LogP contribution >= 0.6 is 0 Å². The Balaban J connectivity index is 0.000000642. The molecule has 0 saturated heterocycles. The molecule has 1 aromatic rings. The summed E-state index contributed by atoms with van der Waals surface area (Å²) in [6.45, 7) is 8.83. The number of hydrogen-bond acceptors (Lipinski definition) is 0. The van der Waals surface area contributed by atoms with Gasteiger partial charge >= 0.3 is 0 Å². The van der Waals surface area contributed by atoms with Crippen LogP contribution in [0.2, 0.25) is 0 Å². The van der Waals surface area contributed by atoms with Crippen LogP contribution in [0.1, 0.15) is 128 Å². The van der Waals surface area contributed by atoms with E-state index in [0.717, 1.165) is 0 Å². The molecule has 0 aromatic heterocycles. The smallest absolute Gasteiger partial charge is 0.0395 e. The van der Waals surface area contributed by atoms with Crippen molar-refractivity contribution in [1.29, 1.82) is 0 Å². The molecule has 152 valence electrons. The zero-order chi connectivity index (χ0) is 19.3. The van der Waals surface area contributed by atoms with Gasteiger partial charge in [-0.25, -0.2) is 0 Å². The van der Waals surface area contributed by atoms with Crippen LogP contribution in [0.4, 0.5) is 0 Å². The summed E-state index contributed by atoms with van der Waals surface area (Å²) in [5.41, 5.74) is 2.74. The van der Waals surface area contributed by atoms with Crippen LogP contribution in [0.3, 0.4) is 0 Å². The minimum atomic E-state index is 1.37. The monoisotopic (exact) mass is 360 g/mol. The van der Waals surface area contributed by atoms with Gasteiger partial charge in [0.1, 0.15) is 0 Å². The normalized spacial score (nSPS) is 10.5. The molecule has 0 radical (unpaired) electrons. The molecule has 0 nitrogen and oxygen atoms in total. The van der Waals surface area contributed by atoms with E-state index in [-0.39, 0.29) is 0 Å². The van der Waals surface area contributed by atoms with Gasteiger partial charge in [0.05, 0.1) is 0 Å². The third kappa shape index (κ3) is 18.0. The molecule has 1 aromatic carbocycles. The second-order valence-electron chi connectivity index (χ2n) is 8.03. The first-order valence-corrected chi connectivity index (χ1v) is 11.7. The summed E-state index contributed by atoms with van der Waals surface area (Å²) in [5, 5.41) is 0. The minimum absolute atomic E-state index is 1.37. The third-order valence-corrected chi connectivity index (χ3v) is 5.38. The SMILES string of the molecule is CCCCCCCCCCCCCCCCCC.Cc1ccccc1C. The van der Waals surface area contributed by atoms with Crippen LogP contribution in [-0.2, 0) is 0 Å². The quantitative estimate of drug-likeness (QED) is 0.273. The van der Waals surface area contributed by atoms with E-state index in [1.54, 1.807) is 0 Å². The van der Waals surface area contributed by atoms with Gasteiger partial charge in [-0.2, -0.15) is 0 Å². The number of benzene rings is 1. The molecule has 0 saturated carbocycles. The van der Waals surface area contributed by atoms with Gasteiger partial charge in [-0.15, -0.1) is 0 Å². The largest absolute Gasteiger partial charge is 0.0654 e. The molecule has 0 bridgehead atoms. The topological polar surface area (TPSA) is 0 Å². The molecule has 0 atom stereocenters. The molecule has 0 aliphatic heterocycles. The summed E-state index contributed by atoms with van der Waals surface area (Å²) in [4.78, 5) is 0. The first-order chi connectivity index (χ1) is 12.7. The average molecular weight is 361 g/mol. The Hall–Kier alpha value is -0.780. The van der Waals surface area contributed by atoms with Crippen molar-refractivity contribution in [3.8, 4) is 0 Å². The summed E-state index contributed by atoms with van der Waals surface area (Å²) in [6.07, 6.45) is 23.4. The zero-order valence-corrected chi connectivity index (χ0v) is 18.6. The first kappa shape index (κ1) is 25.2. The Kier molecular flexibility index (Phi) is 19.9. The van der Waals surface area contributed by atoms with Crippen LogP contribution in [0.15, 0.2) is 24.3 Å². The molecule has 0 amide bonds. The Morgan fingerprint density at radius 1 is 0.423 bits per heavy atom. The van der Waals surface area contributed by atoms with E-state index in [1.807, 2.05) is 0 Å². The molecular formula is C26H48. The predicted octanol–water partition coefficient (Wildman–Crippen LogP) is 9.57. The van der Waals surface area contributed by atoms with Gasteiger partial charge in [0, 0.05) is 0 Å². The molecule has 0 fully saturated rings. The van der Waals surface area contributed by atoms with E-state index in [2.05, 4.69) is 52.0 Å². The lowest BCUT2D eigenvalue weighted by Crippen LogP contribution is -1.83. The van der Waals surface area contributed by atoms with Crippen LogP contribution in [0, 0.1) is 13.8 Å². The second kappa shape index (κ2) is 20.5. The molecule has 0 N–H and O–H groups in total. The summed E-state index contributed by atoms with van der Waals surface area (Å²) in [5.74, 6) is 0. The lowest BCUT2D eigenvalue weighted by molar-refractivity contribution is 0.531. The van der Waals surface area contributed by atoms with Gasteiger partial charge in [0.15, 0.2) is 0 Å². The van der Waals surface area contributed by atoms with Gasteiger partial charge in [-0.3, -0.25) is 0 Å². The summed E-state index contributed by atoms with van der Waals surface area (Å²) in [6, 6.07) is 8.36. The standard InChI is InChI=1S/C18H38.C8H10/c1-3-5-7-9-11-13-15-17-18-16-14-12-10-8-6-4-2;1-7-5-3-4-6-8(7)2/h3-18H2,1-2H3;3-6H,1-2H3. The fraction of sp³-hybridized carbons (Fsp3) is 0.769. The summed E-state index contributed by atoms with van der Waals surface area (Å²) >= 11 is 0. The molecule has 0 unspecified atom stereocenters. The highest BCUT2D eigenvalue weighted by Crippen LogP contribution is 2.13. The Bertz CT molecular complexity index is 342. The van der Waals surface area contributed by atoms with Gasteiger partial charge in [0.2, 0.25) is 0 Å². The number of aryl methyl sites for hydroxylation is 2. The predicted molar refractivity (Wildman–Crippen MR) is 121 cm³/mol. The highest BCUT2D eigenvalue weighted by atomic mass is 14.0. The zero-order valence-electron chi connectivity index (χ0n) is 18.6. The van der Waals surface area contributed by atoms with Crippen molar-refractivity contribution < 1.29 is 0 Å². The van der Waals surface area contributed by atoms with Crippen LogP contribution in [-0.4, -0.2) is 0 Å². The lowest BCUT2D eigenvalue weighted by Gasteiger charge is -2.03. The van der Waals surface area contributed by atoms with E-state index in [9.17, 15) is 0 Å². The third-order valence-electron chi connectivity index (χ3n) is 5.38. The van der Waals surface area contributed by atoms with E-state index < -0.39 is 0 Å². The molecular weight excluding hydrogens is 312 g/mol. The molecule has 0 heterocycles. The number of hydrogen-bond donors (Lipinski definition) is 0. The van der Waals surface area contributed by atoms with E-state index >= 15 is 0 Å². The van der Waals surface area contributed by atoms with Crippen molar-refractivity contribution in [3.05, 3.63) is 35.4 Å². The van der Waals surface area contributed by atoms with E-state index in [1.165, 1.54) is 114 Å². The average Bonchev–Trinajstić information content (AvgIpc) is 2.65. The molecule has 26 heavy (non-hydrogen) atoms. The van der Waals surface area contributed by atoms with Gasteiger partial charge in [-0.1, -0.05) is 141 Å². The van der Waals surface area contributed by atoms with E-state index in [0.29, 0.717) is 0 Å². The Labute approximate surface area is 166 Å². The maximum absolute atomic E-state index is 2.29. The highest BCUT2D eigenvalue weighted by molar-refractivity contribution is 5.23. The fourth-order valence-corrected chi connectivity index (χ4v) is 3.28. The van der Waals surface area contributed by atoms with E-state index in [4.69, 9.17) is 0 Å². The van der Waals surface area contributed by atoms with Crippen LogP contribution in [0.25, 0.3) is 0 Å². The maximum atomic E-state index is 2.29. The van der Waals surface area contributed by atoms with Crippen molar-refractivity contribution in [2.45, 2.75) is 130 Å². The summed E-state index contributed by atoms with van der Waals surface area (Å²) in [7, 11) is 0. The van der Waals surface area contributed by atoms with Crippen molar-refractivity contribution in [3.63, 3.8) is 0 Å². The van der Waals surface area contributed by atoms with Gasteiger partial charge in [-0.05, 0) is 25.0 Å². The summed E-state index contributed by atoms with van der Waals surface area (Å²) < 4.78 is 0. The van der Waals surface area contributed by atoms with Crippen LogP contribution < -0.4 is 0 Å². The molecule has 1 rings (SSSR count). The Morgan fingerprint density at radius 2 is 0.654 bits per heavy atom. The first-order valence-electron chi connectivity index (χ1n) is 11.7. The molecule has 0 aliphatic rings. The van der Waals surface area contributed by atoms with Crippen molar-refractivity contribution in [1.82, 2.24) is 0 Å². The lowest BCUT2D eigenvalue weighted by atomic mass is 10.0. The number of unbranched alkanes of at least 4 members (excludes halogenated alkanes) is 15. The molecule has 0 spiro atoms. The second-order valence-corrected chi connectivity index (χ2v) is 8.03. The van der Waals surface area contributed by atoms with Crippen LogP contribution in [0.5, 0.6) is 0 Å². The Morgan fingerprint density at radius 3 is 0.846 bits per heavy atom. The van der Waals surface area contributed by atoms with Gasteiger partial charge in [0.25, 0.3) is 0 Å². The van der Waals surface area contributed by atoms with Crippen molar-refractivity contribution in [2.24, 2.45) is 0 Å². The number of rotatable bonds is 15. The maximum Gasteiger partial charge on any atom is -0.0395 e. The minimum Gasteiger partial charge on any atom is -0.0654 e. The highest BCUT2D eigenvalue weighted by Gasteiger charge is 1.93. The van der Waals surface area contributed by atoms with Gasteiger partial charge < -0.3 is 0 Å². The van der Waals surface area contributed by atoms with Crippen molar-refractivity contribution in [2.75, 3.05) is 0 Å². The molecule has 0 aliphatic carbocycles. The fourth-order valence-electron chi connectivity index (χ4n) is 3.28.